The molecule has 2 amide bonds. The van der Waals surface area contributed by atoms with Crippen molar-refractivity contribution >= 4 is 34.5 Å². The summed E-state index contributed by atoms with van der Waals surface area (Å²) in [6.45, 7) is 0. The molecule has 2 aromatic rings. The van der Waals surface area contributed by atoms with Gasteiger partial charge in [0.05, 0.1) is 16.8 Å². The number of primary amides is 2. The normalized spacial score (nSPS) is 15.8. The van der Waals surface area contributed by atoms with E-state index in [-0.39, 0.29) is 0 Å². The second-order valence-electron chi connectivity index (χ2n) is 5.84. The fourth-order valence-electron chi connectivity index (χ4n) is 3.17. The molecule has 1 aromatic heterocycles. The summed E-state index contributed by atoms with van der Waals surface area (Å²) in [6.07, 6.45) is 10.5. The topological polar surface area (TPSA) is 91.1 Å². The fraction of sp³-hybridized carbons (Fsp3) is 0.0526. The molecular weight excluding hydrogens is 302 g/mol. The minimum Gasteiger partial charge on any atom is -0.366 e. The number of hydrogen-bond donors (Lipinski definition) is 2. The van der Waals surface area contributed by atoms with Crippen LogP contribution in [0.2, 0.25) is 0 Å². The molecule has 2 heterocycles. The molecule has 5 heteroatoms. The highest BCUT2D eigenvalue weighted by molar-refractivity contribution is 6.04. The van der Waals surface area contributed by atoms with E-state index in [1.165, 1.54) is 0 Å². The lowest BCUT2D eigenvalue weighted by Crippen LogP contribution is -2.13. The summed E-state index contributed by atoms with van der Waals surface area (Å²) in [5.74, 6) is -0.986. The molecule has 2 aliphatic rings. The van der Waals surface area contributed by atoms with Gasteiger partial charge in [-0.3, -0.25) is 9.59 Å². The van der Waals surface area contributed by atoms with Crippen LogP contribution in [0.3, 0.4) is 0 Å². The standard InChI is InChI=1S/C19H15N3O2/c20-18(23)13-6-5-12-8-17-15-4-2-1-3-11(15)7-14(19(21)24)10-22(17)16(12)9-13/h1,3-10H,2H2,(H2,20,23)(H2,21,24). The molecule has 4 N–H and O–H groups in total. The Balaban J connectivity index is 2.06. The van der Waals surface area contributed by atoms with Crippen molar-refractivity contribution < 1.29 is 9.59 Å². The average molecular weight is 317 g/mol. The van der Waals surface area contributed by atoms with Crippen molar-refractivity contribution in [2.45, 2.75) is 6.42 Å². The van der Waals surface area contributed by atoms with Crippen LogP contribution in [0, 0.1) is 0 Å². The zero-order valence-electron chi connectivity index (χ0n) is 12.8. The molecule has 1 aromatic carbocycles. The average Bonchev–Trinajstić information content (AvgIpc) is 2.83. The number of carbonyl (C=O) groups is 2. The second-order valence-corrected chi connectivity index (χ2v) is 5.84. The number of allylic oxidation sites excluding steroid dienone is 5. The molecule has 1 aliphatic carbocycles. The summed E-state index contributed by atoms with van der Waals surface area (Å²) in [6, 6.07) is 7.34. The van der Waals surface area contributed by atoms with Gasteiger partial charge in [0.2, 0.25) is 11.8 Å². The summed E-state index contributed by atoms with van der Waals surface area (Å²) in [7, 11) is 0. The van der Waals surface area contributed by atoms with Gasteiger partial charge in [-0.05, 0) is 36.3 Å². The van der Waals surface area contributed by atoms with Crippen LogP contribution in [0.4, 0.5) is 0 Å². The molecule has 4 rings (SSSR count). The van der Waals surface area contributed by atoms with Gasteiger partial charge in [-0.25, -0.2) is 0 Å². The van der Waals surface area contributed by atoms with Crippen molar-refractivity contribution in [2.75, 3.05) is 0 Å². The molecule has 0 saturated carbocycles. The molecule has 0 saturated heterocycles. The van der Waals surface area contributed by atoms with E-state index in [0.717, 1.165) is 34.2 Å². The molecule has 1 aliphatic heterocycles. The van der Waals surface area contributed by atoms with E-state index in [2.05, 4.69) is 6.08 Å². The van der Waals surface area contributed by atoms with Gasteiger partial charge in [0.15, 0.2) is 0 Å². The predicted octanol–water partition coefficient (Wildman–Crippen LogP) is 2.35. The summed E-state index contributed by atoms with van der Waals surface area (Å²) in [5, 5.41) is 0.965. The van der Waals surface area contributed by atoms with Gasteiger partial charge in [-0.1, -0.05) is 24.3 Å². The SMILES string of the molecule is NC(=O)C1=Cn2c(cc3ccc(C(N)=O)cc32)C2=CCC=CC2=C1. The highest BCUT2D eigenvalue weighted by atomic mass is 16.1. The van der Waals surface area contributed by atoms with Gasteiger partial charge in [0.25, 0.3) is 0 Å². The quantitative estimate of drug-likeness (QED) is 0.890. The first-order valence-electron chi connectivity index (χ1n) is 7.60. The van der Waals surface area contributed by atoms with Crippen molar-refractivity contribution in [3.63, 3.8) is 0 Å². The van der Waals surface area contributed by atoms with Gasteiger partial charge in [-0.2, -0.15) is 0 Å². The highest BCUT2D eigenvalue weighted by Gasteiger charge is 2.20. The number of hydrogen-bond acceptors (Lipinski definition) is 2. The smallest absolute Gasteiger partial charge is 0.250 e. The minimum absolute atomic E-state index is 0.406. The maximum absolute atomic E-state index is 11.8. The zero-order chi connectivity index (χ0) is 16.8. The van der Waals surface area contributed by atoms with Crippen LogP contribution in [0.1, 0.15) is 22.5 Å². The van der Waals surface area contributed by atoms with E-state index in [4.69, 9.17) is 11.5 Å². The van der Waals surface area contributed by atoms with Gasteiger partial charge in [0.1, 0.15) is 0 Å². The van der Waals surface area contributed by atoms with E-state index in [0.29, 0.717) is 11.1 Å². The van der Waals surface area contributed by atoms with Gasteiger partial charge >= 0.3 is 0 Å². The maximum Gasteiger partial charge on any atom is 0.250 e. The molecule has 0 bridgehead atoms. The van der Waals surface area contributed by atoms with Crippen molar-refractivity contribution in [3.8, 4) is 0 Å². The Bertz CT molecular complexity index is 1030. The first-order valence-corrected chi connectivity index (χ1v) is 7.60. The monoisotopic (exact) mass is 317 g/mol. The van der Waals surface area contributed by atoms with Crippen molar-refractivity contribution in [1.82, 2.24) is 4.57 Å². The fourth-order valence-corrected chi connectivity index (χ4v) is 3.17. The number of benzene rings is 1. The highest BCUT2D eigenvalue weighted by Crippen LogP contribution is 2.36. The lowest BCUT2D eigenvalue weighted by atomic mass is 9.95. The van der Waals surface area contributed by atoms with Gasteiger partial charge < -0.3 is 16.0 Å². The Morgan fingerprint density at radius 3 is 2.67 bits per heavy atom. The summed E-state index contributed by atoms with van der Waals surface area (Å²) in [4.78, 5) is 23.3. The summed E-state index contributed by atoms with van der Waals surface area (Å²) >= 11 is 0. The third-order valence-electron chi connectivity index (χ3n) is 4.33. The Kier molecular flexibility index (Phi) is 3.03. The molecule has 5 nitrogen and oxygen atoms in total. The largest absolute Gasteiger partial charge is 0.366 e. The van der Waals surface area contributed by atoms with Crippen LogP contribution in [0.15, 0.2) is 59.7 Å². The number of aromatic nitrogens is 1. The molecule has 0 radical (unpaired) electrons. The second kappa shape index (κ2) is 5.09. The van der Waals surface area contributed by atoms with Crippen LogP contribution in [-0.4, -0.2) is 16.4 Å². The predicted molar refractivity (Wildman–Crippen MR) is 93.7 cm³/mol. The van der Waals surface area contributed by atoms with Crippen molar-refractivity contribution in [3.05, 3.63) is 71.0 Å². The number of fused-ring (bicyclic) bond motifs is 5. The molecule has 0 atom stereocenters. The first kappa shape index (κ1) is 14.3. The first-order chi connectivity index (χ1) is 11.5. The molecule has 0 fully saturated rings. The molecular formula is C19H15N3O2. The van der Waals surface area contributed by atoms with Crippen LogP contribution in [0.5, 0.6) is 0 Å². The molecule has 0 unspecified atom stereocenters. The van der Waals surface area contributed by atoms with Crippen LogP contribution in [0.25, 0.3) is 22.7 Å². The third-order valence-corrected chi connectivity index (χ3v) is 4.33. The van der Waals surface area contributed by atoms with E-state index in [9.17, 15) is 9.59 Å². The zero-order valence-corrected chi connectivity index (χ0v) is 12.8. The Morgan fingerprint density at radius 2 is 1.92 bits per heavy atom. The van der Waals surface area contributed by atoms with Crippen LogP contribution >= 0.6 is 0 Å². The van der Waals surface area contributed by atoms with E-state index in [1.807, 2.05) is 28.9 Å². The van der Waals surface area contributed by atoms with E-state index in [1.54, 1.807) is 24.4 Å². The molecule has 118 valence electrons. The Hall–Kier alpha value is -3.34. The van der Waals surface area contributed by atoms with Crippen LogP contribution < -0.4 is 11.5 Å². The lowest BCUT2D eigenvalue weighted by Gasteiger charge is -2.12. The van der Waals surface area contributed by atoms with Crippen molar-refractivity contribution in [1.29, 1.82) is 0 Å². The lowest BCUT2D eigenvalue weighted by molar-refractivity contribution is -0.114. The third kappa shape index (κ3) is 2.10. The van der Waals surface area contributed by atoms with Gasteiger partial charge in [0, 0.05) is 22.7 Å². The number of amides is 2. The Morgan fingerprint density at radius 1 is 1.08 bits per heavy atom. The number of rotatable bonds is 2. The van der Waals surface area contributed by atoms with Crippen molar-refractivity contribution in [2.24, 2.45) is 11.5 Å². The number of nitrogens with two attached hydrogens (primary N) is 2. The maximum atomic E-state index is 11.8. The Labute approximate surface area is 138 Å². The van der Waals surface area contributed by atoms with Crippen LogP contribution in [-0.2, 0) is 4.79 Å². The van der Waals surface area contributed by atoms with E-state index < -0.39 is 11.8 Å². The summed E-state index contributed by atoms with van der Waals surface area (Å²) in [5.41, 5.74) is 15.5. The minimum atomic E-state index is -0.499. The van der Waals surface area contributed by atoms with Gasteiger partial charge in [-0.15, -0.1) is 0 Å². The molecule has 24 heavy (non-hydrogen) atoms. The number of carbonyl (C=O) groups excluding carboxylic acids is 2. The summed E-state index contributed by atoms with van der Waals surface area (Å²) < 4.78 is 1.90. The number of nitrogens with zero attached hydrogens (tertiary/aromatic N) is 1. The molecule has 0 spiro atoms. The van der Waals surface area contributed by atoms with E-state index >= 15 is 0 Å².